The van der Waals surface area contributed by atoms with Crippen molar-refractivity contribution in [1.29, 1.82) is 0 Å². The van der Waals surface area contributed by atoms with Crippen molar-refractivity contribution in [3.05, 3.63) is 17.3 Å². The van der Waals surface area contributed by atoms with Gasteiger partial charge in [-0.15, -0.1) is 5.10 Å². The number of hydrogen-bond donors (Lipinski definition) is 2. The monoisotopic (exact) mass is 193 g/mol. The lowest BCUT2D eigenvalue weighted by molar-refractivity contribution is -0.139. The van der Waals surface area contributed by atoms with Gasteiger partial charge in [0.2, 0.25) is 0 Å². The van der Waals surface area contributed by atoms with Gasteiger partial charge in [-0.3, -0.25) is 0 Å². The summed E-state index contributed by atoms with van der Waals surface area (Å²) in [4.78, 5) is 0. The van der Waals surface area contributed by atoms with Crippen LogP contribution in [0.5, 0.6) is 0 Å². The van der Waals surface area contributed by atoms with Crippen molar-refractivity contribution in [3.8, 4) is 0 Å². The molecule has 0 atom stereocenters. The number of rotatable bonds is 1. The molecule has 1 aromatic heterocycles. The average molecular weight is 193 g/mol. The summed E-state index contributed by atoms with van der Waals surface area (Å²) in [5.41, 5.74) is 3.44. The zero-order valence-corrected chi connectivity index (χ0v) is 6.34. The predicted octanol–water partition coefficient (Wildman–Crippen LogP) is 0.570. The van der Waals surface area contributed by atoms with E-state index >= 15 is 0 Å². The number of aliphatic hydroxyl groups is 1. The summed E-state index contributed by atoms with van der Waals surface area (Å²) in [5, 5.41) is 14.8. The highest BCUT2D eigenvalue weighted by Gasteiger charge is 2.34. The molecule has 0 unspecified atom stereocenters. The Bertz CT molecular complexity index is 312. The van der Waals surface area contributed by atoms with E-state index in [4.69, 9.17) is 10.8 Å². The van der Waals surface area contributed by atoms with Crippen LogP contribution in [-0.2, 0) is 12.8 Å². The molecule has 0 aliphatic heterocycles. The average Bonchev–Trinajstić information content (AvgIpc) is 2.03. The number of nitrogens with two attached hydrogens (primary N) is 1. The number of hydrogen-bond acceptors (Lipinski definition) is 4. The van der Waals surface area contributed by atoms with Crippen molar-refractivity contribution in [2.45, 2.75) is 12.8 Å². The fraction of sp³-hybridized carbons (Fsp3) is 0.333. The van der Waals surface area contributed by atoms with Crippen molar-refractivity contribution in [3.63, 3.8) is 0 Å². The molecule has 1 heterocycles. The Morgan fingerprint density at radius 2 is 2.00 bits per heavy atom. The number of nitrogen functional groups attached to an aromatic ring is 1. The Morgan fingerprint density at radius 3 is 2.46 bits per heavy atom. The molecule has 0 saturated carbocycles. The first-order chi connectivity index (χ1) is 5.95. The molecule has 0 fully saturated rings. The maximum atomic E-state index is 12.2. The largest absolute Gasteiger partial charge is 0.418 e. The standard InChI is InChI=1S/C6H6F3N3O/c7-6(8,9)3-1-5(10)12-11-4(3)2-13/h1,13H,2H2,(H2,10,12). The second-order valence-electron chi connectivity index (χ2n) is 2.29. The van der Waals surface area contributed by atoms with Crippen LogP contribution in [0.15, 0.2) is 6.07 Å². The Balaban J connectivity index is 3.24. The highest BCUT2D eigenvalue weighted by molar-refractivity contribution is 5.34. The molecule has 7 heteroatoms. The van der Waals surface area contributed by atoms with Crippen molar-refractivity contribution in [2.24, 2.45) is 0 Å². The lowest BCUT2D eigenvalue weighted by atomic mass is 10.2. The summed E-state index contributed by atoms with van der Waals surface area (Å²) >= 11 is 0. The van der Waals surface area contributed by atoms with E-state index in [1.165, 1.54) is 0 Å². The zero-order chi connectivity index (χ0) is 10.1. The van der Waals surface area contributed by atoms with Gasteiger partial charge in [-0.25, -0.2) is 0 Å². The SMILES string of the molecule is Nc1cc(C(F)(F)F)c(CO)nn1. The molecule has 13 heavy (non-hydrogen) atoms. The van der Waals surface area contributed by atoms with Crippen LogP contribution in [0.25, 0.3) is 0 Å². The third-order valence-corrected chi connectivity index (χ3v) is 1.34. The van der Waals surface area contributed by atoms with Crippen LogP contribution < -0.4 is 5.73 Å². The molecule has 0 aliphatic rings. The van der Waals surface area contributed by atoms with E-state index in [2.05, 4.69) is 10.2 Å². The molecule has 0 bridgehead atoms. The summed E-state index contributed by atoms with van der Waals surface area (Å²) in [7, 11) is 0. The molecule has 4 nitrogen and oxygen atoms in total. The molecule has 3 N–H and O–H groups in total. The first-order valence-corrected chi connectivity index (χ1v) is 3.25. The minimum atomic E-state index is -4.57. The maximum Gasteiger partial charge on any atom is 0.418 e. The zero-order valence-electron chi connectivity index (χ0n) is 6.34. The normalized spacial score (nSPS) is 11.7. The van der Waals surface area contributed by atoms with Gasteiger partial charge in [-0.2, -0.15) is 18.3 Å². The molecule has 0 saturated heterocycles. The smallest absolute Gasteiger partial charge is 0.390 e. The van der Waals surface area contributed by atoms with Gasteiger partial charge in [0, 0.05) is 0 Å². The van der Waals surface area contributed by atoms with E-state index < -0.39 is 24.0 Å². The summed E-state index contributed by atoms with van der Waals surface area (Å²) in [5.74, 6) is -0.329. The summed E-state index contributed by atoms with van der Waals surface area (Å²) in [6.07, 6.45) is -4.57. The quantitative estimate of drug-likeness (QED) is 0.683. The third-order valence-electron chi connectivity index (χ3n) is 1.34. The van der Waals surface area contributed by atoms with Crippen molar-refractivity contribution in [2.75, 3.05) is 5.73 Å². The number of halogens is 3. The minimum Gasteiger partial charge on any atom is -0.390 e. The highest BCUT2D eigenvalue weighted by Crippen LogP contribution is 2.31. The van der Waals surface area contributed by atoms with E-state index in [9.17, 15) is 13.2 Å². The maximum absolute atomic E-state index is 12.2. The van der Waals surface area contributed by atoms with E-state index in [1.54, 1.807) is 0 Å². The van der Waals surface area contributed by atoms with Gasteiger partial charge in [0.05, 0.1) is 12.2 Å². The van der Waals surface area contributed by atoms with Crippen LogP contribution in [0.3, 0.4) is 0 Å². The fourth-order valence-electron chi connectivity index (χ4n) is 0.794. The van der Waals surface area contributed by atoms with Crippen LogP contribution in [0.2, 0.25) is 0 Å². The second-order valence-corrected chi connectivity index (χ2v) is 2.29. The van der Waals surface area contributed by atoms with Gasteiger partial charge in [0.1, 0.15) is 11.5 Å². The molecular weight excluding hydrogens is 187 g/mol. The van der Waals surface area contributed by atoms with E-state index in [-0.39, 0.29) is 5.82 Å². The van der Waals surface area contributed by atoms with Crippen LogP contribution in [-0.4, -0.2) is 15.3 Å². The van der Waals surface area contributed by atoms with Crippen LogP contribution in [0, 0.1) is 0 Å². The fourth-order valence-corrected chi connectivity index (χ4v) is 0.794. The van der Waals surface area contributed by atoms with Gasteiger partial charge in [-0.1, -0.05) is 0 Å². The molecule has 0 aromatic carbocycles. The van der Waals surface area contributed by atoms with E-state index in [0.29, 0.717) is 6.07 Å². The van der Waals surface area contributed by atoms with Gasteiger partial charge in [-0.05, 0) is 6.07 Å². The topological polar surface area (TPSA) is 72.0 Å². The number of nitrogens with zero attached hydrogens (tertiary/aromatic N) is 2. The summed E-state index contributed by atoms with van der Waals surface area (Å²) in [6.45, 7) is -0.817. The van der Waals surface area contributed by atoms with Crippen molar-refractivity contribution < 1.29 is 18.3 Å². The van der Waals surface area contributed by atoms with E-state index in [1.807, 2.05) is 0 Å². The first kappa shape index (κ1) is 9.72. The summed E-state index contributed by atoms with van der Waals surface area (Å²) < 4.78 is 36.5. The predicted molar refractivity (Wildman–Crippen MR) is 37.4 cm³/mol. The van der Waals surface area contributed by atoms with Gasteiger partial charge in [0.25, 0.3) is 0 Å². The van der Waals surface area contributed by atoms with Crippen molar-refractivity contribution in [1.82, 2.24) is 10.2 Å². The van der Waals surface area contributed by atoms with Gasteiger partial charge < -0.3 is 10.8 Å². The van der Waals surface area contributed by atoms with Crippen LogP contribution >= 0.6 is 0 Å². The van der Waals surface area contributed by atoms with Crippen LogP contribution in [0.1, 0.15) is 11.3 Å². The number of alkyl halides is 3. The van der Waals surface area contributed by atoms with Crippen LogP contribution in [0.4, 0.5) is 19.0 Å². The molecule has 1 aromatic rings. The van der Waals surface area contributed by atoms with Gasteiger partial charge >= 0.3 is 6.18 Å². The highest BCUT2D eigenvalue weighted by atomic mass is 19.4. The minimum absolute atomic E-state index is 0.329. The first-order valence-electron chi connectivity index (χ1n) is 3.25. The molecule has 1 rings (SSSR count). The lowest BCUT2D eigenvalue weighted by Crippen LogP contribution is -2.13. The molecule has 0 aliphatic carbocycles. The molecule has 0 amide bonds. The molecule has 0 radical (unpaired) electrons. The lowest BCUT2D eigenvalue weighted by Gasteiger charge is -2.09. The number of aromatic nitrogens is 2. The van der Waals surface area contributed by atoms with Gasteiger partial charge in [0.15, 0.2) is 0 Å². The Hall–Kier alpha value is -1.37. The third kappa shape index (κ3) is 2.05. The number of anilines is 1. The Morgan fingerprint density at radius 1 is 1.38 bits per heavy atom. The molecular formula is C6H6F3N3O. The van der Waals surface area contributed by atoms with Crippen molar-refractivity contribution >= 4 is 5.82 Å². The number of aliphatic hydroxyl groups excluding tert-OH is 1. The molecule has 0 spiro atoms. The summed E-state index contributed by atoms with van der Waals surface area (Å²) in [6, 6.07) is 0.637. The Kier molecular flexibility index (Phi) is 2.37. The Labute approximate surface area is 71.2 Å². The molecule has 72 valence electrons. The van der Waals surface area contributed by atoms with E-state index in [0.717, 1.165) is 0 Å². The second kappa shape index (κ2) is 3.17.